The SMILES string of the molecule is NNC(Cc1ccccc1Cl)c1cccc2ccccc12. The molecule has 0 aliphatic heterocycles. The van der Waals surface area contributed by atoms with Crippen LogP contribution in [0, 0.1) is 0 Å². The molecule has 21 heavy (non-hydrogen) atoms. The van der Waals surface area contributed by atoms with Gasteiger partial charge in [0.1, 0.15) is 0 Å². The van der Waals surface area contributed by atoms with Crippen molar-refractivity contribution in [1.29, 1.82) is 0 Å². The van der Waals surface area contributed by atoms with E-state index in [4.69, 9.17) is 17.4 Å². The van der Waals surface area contributed by atoms with Crippen LogP contribution in [0.25, 0.3) is 10.8 Å². The van der Waals surface area contributed by atoms with Crippen LogP contribution in [0.1, 0.15) is 17.2 Å². The Kier molecular flexibility index (Phi) is 4.20. The van der Waals surface area contributed by atoms with E-state index >= 15 is 0 Å². The monoisotopic (exact) mass is 296 g/mol. The molecule has 0 saturated heterocycles. The molecule has 0 aromatic heterocycles. The fourth-order valence-corrected chi connectivity index (χ4v) is 2.91. The van der Waals surface area contributed by atoms with Crippen LogP contribution in [-0.2, 0) is 6.42 Å². The van der Waals surface area contributed by atoms with Gasteiger partial charge in [0.15, 0.2) is 0 Å². The summed E-state index contributed by atoms with van der Waals surface area (Å²) in [6.45, 7) is 0. The maximum Gasteiger partial charge on any atom is 0.0506 e. The molecule has 3 aromatic rings. The molecule has 0 fully saturated rings. The van der Waals surface area contributed by atoms with Gasteiger partial charge in [-0.15, -0.1) is 0 Å². The predicted molar refractivity (Wildman–Crippen MR) is 89.2 cm³/mol. The quantitative estimate of drug-likeness (QED) is 0.558. The van der Waals surface area contributed by atoms with Crippen LogP contribution in [-0.4, -0.2) is 0 Å². The van der Waals surface area contributed by atoms with Crippen molar-refractivity contribution in [3.05, 3.63) is 82.9 Å². The summed E-state index contributed by atoms with van der Waals surface area (Å²) in [5, 5.41) is 3.21. The molecule has 0 radical (unpaired) electrons. The van der Waals surface area contributed by atoms with Gasteiger partial charge >= 0.3 is 0 Å². The van der Waals surface area contributed by atoms with Crippen LogP contribution in [0.5, 0.6) is 0 Å². The van der Waals surface area contributed by atoms with Gasteiger partial charge in [-0.1, -0.05) is 72.3 Å². The fraction of sp³-hybridized carbons (Fsp3) is 0.111. The van der Waals surface area contributed by atoms with Crippen molar-refractivity contribution in [3.8, 4) is 0 Å². The number of benzene rings is 3. The molecular formula is C18H17ClN2. The van der Waals surface area contributed by atoms with Gasteiger partial charge in [0, 0.05) is 5.02 Å². The highest BCUT2D eigenvalue weighted by molar-refractivity contribution is 6.31. The van der Waals surface area contributed by atoms with E-state index in [0.29, 0.717) is 0 Å². The number of hydrogen-bond acceptors (Lipinski definition) is 2. The third-order valence-electron chi connectivity index (χ3n) is 3.78. The van der Waals surface area contributed by atoms with Gasteiger partial charge in [0.25, 0.3) is 0 Å². The highest BCUT2D eigenvalue weighted by Gasteiger charge is 2.14. The Balaban J connectivity index is 2.01. The molecule has 3 heteroatoms. The molecule has 3 N–H and O–H groups in total. The van der Waals surface area contributed by atoms with Crippen LogP contribution < -0.4 is 11.3 Å². The minimum absolute atomic E-state index is 0.0241. The molecule has 0 spiro atoms. The second-order valence-electron chi connectivity index (χ2n) is 5.08. The Morgan fingerprint density at radius 2 is 1.62 bits per heavy atom. The van der Waals surface area contributed by atoms with E-state index in [1.807, 2.05) is 30.3 Å². The van der Waals surface area contributed by atoms with Crippen LogP contribution in [0.15, 0.2) is 66.7 Å². The lowest BCUT2D eigenvalue weighted by Crippen LogP contribution is -2.29. The first-order valence-corrected chi connectivity index (χ1v) is 7.34. The lowest BCUT2D eigenvalue weighted by Gasteiger charge is -2.19. The summed E-state index contributed by atoms with van der Waals surface area (Å²) >= 11 is 6.26. The summed E-state index contributed by atoms with van der Waals surface area (Å²) in [6.07, 6.45) is 0.754. The van der Waals surface area contributed by atoms with Crippen LogP contribution in [0.4, 0.5) is 0 Å². The van der Waals surface area contributed by atoms with Crippen molar-refractivity contribution in [3.63, 3.8) is 0 Å². The van der Waals surface area contributed by atoms with Gasteiger partial charge in [0.2, 0.25) is 0 Å². The van der Waals surface area contributed by atoms with Crippen molar-refractivity contribution in [2.24, 2.45) is 5.84 Å². The molecule has 106 valence electrons. The molecule has 1 unspecified atom stereocenters. The molecule has 0 amide bonds. The Morgan fingerprint density at radius 1 is 0.905 bits per heavy atom. The van der Waals surface area contributed by atoms with Gasteiger partial charge in [0.05, 0.1) is 6.04 Å². The zero-order valence-electron chi connectivity index (χ0n) is 11.6. The number of nitrogens with two attached hydrogens (primary N) is 1. The van der Waals surface area contributed by atoms with Gasteiger partial charge in [-0.2, -0.15) is 0 Å². The summed E-state index contributed by atoms with van der Waals surface area (Å²) < 4.78 is 0. The first-order valence-electron chi connectivity index (χ1n) is 6.97. The third-order valence-corrected chi connectivity index (χ3v) is 4.15. The van der Waals surface area contributed by atoms with Crippen LogP contribution >= 0.6 is 11.6 Å². The minimum Gasteiger partial charge on any atom is -0.271 e. The van der Waals surface area contributed by atoms with Crippen molar-refractivity contribution >= 4 is 22.4 Å². The van der Waals surface area contributed by atoms with Crippen LogP contribution in [0.3, 0.4) is 0 Å². The van der Waals surface area contributed by atoms with Crippen LogP contribution in [0.2, 0.25) is 5.02 Å². The minimum atomic E-state index is 0.0241. The Labute approximate surface area is 129 Å². The van der Waals surface area contributed by atoms with Gasteiger partial charge in [-0.05, 0) is 34.4 Å². The maximum atomic E-state index is 6.26. The molecule has 0 bridgehead atoms. The highest BCUT2D eigenvalue weighted by Crippen LogP contribution is 2.28. The number of hydrogen-bond donors (Lipinski definition) is 2. The van der Waals surface area contributed by atoms with E-state index in [0.717, 1.165) is 17.0 Å². The zero-order chi connectivity index (χ0) is 14.7. The van der Waals surface area contributed by atoms with E-state index in [-0.39, 0.29) is 6.04 Å². The summed E-state index contributed by atoms with van der Waals surface area (Å²) in [5.74, 6) is 5.80. The number of halogens is 1. The number of nitrogens with one attached hydrogen (secondary N) is 1. The molecule has 3 aromatic carbocycles. The topological polar surface area (TPSA) is 38.0 Å². The first kappa shape index (κ1) is 14.1. The lowest BCUT2D eigenvalue weighted by molar-refractivity contribution is 0.555. The smallest absolute Gasteiger partial charge is 0.0506 e. The average Bonchev–Trinajstić information content (AvgIpc) is 2.54. The first-order chi connectivity index (χ1) is 10.3. The fourth-order valence-electron chi connectivity index (χ4n) is 2.70. The Bertz CT molecular complexity index is 750. The second kappa shape index (κ2) is 6.27. The number of hydrazine groups is 1. The van der Waals surface area contributed by atoms with Crippen molar-refractivity contribution in [1.82, 2.24) is 5.43 Å². The molecule has 0 aliphatic carbocycles. The number of fused-ring (bicyclic) bond motifs is 1. The standard InChI is InChI=1S/C18H17ClN2/c19-17-11-4-2-7-14(17)12-18(21-20)16-10-5-8-13-6-1-3-9-15(13)16/h1-11,18,21H,12,20H2. The third kappa shape index (κ3) is 2.93. The Hall–Kier alpha value is -1.87. The molecule has 0 aliphatic rings. The van der Waals surface area contributed by atoms with E-state index in [2.05, 4.69) is 41.8 Å². The lowest BCUT2D eigenvalue weighted by atomic mass is 9.94. The molecule has 0 heterocycles. The molecule has 2 nitrogen and oxygen atoms in total. The zero-order valence-corrected chi connectivity index (χ0v) is 12.3. The number of rotatable bonds is 4. The van der Waals surface area contributed by atoms with E-state index in [9.17, 15) is 0 Å². The molecular weight excluding hydrogens is 280 g/mol. The maximum absolute atomic E-state index is 6.26. The van der Waals surface area contributed by atoms with Gasteiger partial charge in [-0.25, -0.2) is 0 Å². The van der Waals surface area contributed by atoms with E-state index in [1.165, 1.54) is 16.3 Å². The van der Waals surface area contributed by atoms with Crippen molar-refractivity contribution < 1.29 is 0 Å². The Morgan fingerprint density at radius 3 is 2.43 bits per heavy atom. The van der Waals surface area contributed by atoms with E-state index < -0.39 is 0 Å². The normalized spacial score (nSPS) is 12.5. The summed E-state index contributed by atoms with van der Waals surface area (Å²) in [5.41, 5.74) is 5.21. The second-order valence-corrected chi connectivity index (χ2v) is 5.49. The highest BCUT2D eigenvalue weighted by atomic mass is 35.5. The van der Waals surface area contributed by atoms with Crippen molar-refractivity contribution in [2.75, 3.05) is 0 Å². The van der Waals surface area contributed by atoms with E-state index in [1.54, 1.807) is 0 Å². The molecule has 0 saturated carbocycles. The summed E-state index contributed by atoms with van der Waals surface area (Å²) in [7, 11) is 0. The molecule has 3 rings (SSSR count). The van der Waals surface area contributed by atoms with Gasteiger partial charge < -0.3 is 0 Å². The van der Waals surface area contributed by atoms with Crippen molar-refractivity contribution in [2.45, 2.75) is 12.5 Å². The largest absolute Gasteiger partial charge is 0.271 e. The van der Waals surface area contributed by atoms with Gasteiger partial charge in [-0.3, -0.25) is 11.3 Å². The summed E-state index contributed by atoms with van der Waals surface area (Å²) in [4.78, 5) is 0. The average molecular weight is 297 g/mol. The molecule has 1 atom stereocenters. The predicted octanol–water partition coefficient (Wildman–Crippen LogP) is 4.24. The summed E-state index contributed by atoms with van der Waals surface area (Å²) in [6, 6.07) is 22.5.